The molecule has 0 radical (unpaired) electrons. The van der Waals surface area contributed by atoms with Crippen LogP contribution in [0.1, 0.15) is 85.6 Å². The Balaban J connectivity index is 1.49. The van der Waals surface area contributed by atoms with E-state index >= 15 is 0 Å². The second kappa shape index (κ2) is 8.31. The summed E-state index contributed by atoms with van der Waals surface area (Å²) >= 11 is 0. The maximum Gasteiger partial charge on any atom is 0.144 e. The fourth-order valence-electron chi connectivity index (χ4n) is 5.02. The number of hydrogen-bond acceptors (Lipinski definition) is 1. The van der Waals surface area contributed by atoms with Gasteiger partial charge < -0.3 is 0 Å². The molecule has 2 aliphatic rings. The van der Waals surface area contributed by atoms with Crippen LogP contribution in [0.3, 0.4) is 0 Å². The quantitative estimate of drug-likeness (QED) is 0.553. The summed E-state index contributed by atoms with van der Waals surface area (Å²) in [5.41, 5.74) is 5.71. The van der Waals surface area contributed by atoms with Crippen molar-refractivity contribution in [2.75, 3.05) is 0 Å². The monoisotopic (exact) mass is 373 g/mol. The molecule has 1 nitrogen and oxygen atoms in total. The van der Waals surface area contributed by atoms with Gasteiger partial charge in [-0.05, 0) is 84.3 Å². The van der Waals surface area contributed by atoms with Crippen molar-refractivity contribution >= 4 is 11.6 Å². The number of nitrogens with zero attached hydrogens (tertiary/aromatic N) is 1. The zero-order chi connectivity index (χ0) is 19.5. The van der Waals surface area contributed by atoms with E-state index < -0.39 is 0 Å². The Morgan fingerprint density at radius 2 is 1.75 bits per heavy atom. The first-order valence-corrected chi connectivity index (χ1v) is 10.7. The highest BCUT2D eigenvalue weighted by atomic mass is 19.1. The molecule has 144 valence electrons. The Hall–Kier alpha value is -2.40. The number of nitriles is 1. The molecule has 0 heterocycles. The van der Waals surface area contributed by atoms with E-state index in [4.69, 9.17) is 5.26 Å². The maximum atomic E-state index is 14.4. The lowest BCUT2D eigenvalue weighted by Gasteiger charge is -2.28. The molecule has 4 rings (SSSR count). The van der Waals surface area contributed by atoms with E-state index in [1.54, 1.807) is 6.07 Å². The van der Waals surface area contributed by atoms with E-state index in [2.05, 4.69) is 37.3 Å². The summed E-state index contributed by atoms with van der Waals surface area (Å²) in [4.78, 5) is 0. The molecule has 0 aliphatic heterocycles. The first kappa shape index (κ1) is 18.9. The zero-order valence-electron chi connectivity index (χ0n) is 16.7. The van der Waals surface area contributed by atoms with E-state index in [0.29, 0.717) is 17.9 Å². The predicted octanol–water partition coefficient (Wildman–Crippen LogP) is 7.26. The molecular formula is C26H28FN. The summed E-state index contributed by atoms with van der Waals surface area (Å²) in [6.45, 7) is 2.29. The number of benzene rings is 2. The summed E-state index contributed by atoms with van der Waals surface area (Å²) in [5.74, 6) is 1.31. The topological polar surface area (TPSA) is 23.8 Å². The van der Waals surface area contributed by atoms with Gasteiger partial charge in [0.1, 0.15) is 11.9 Å². The average Bonchev–Trinajstić information content (AvgIpc) is 2.75. The van der Waals surface area contributed by atoms with Gasteiger partial charge in [-0.3, -0.25) is 0 Å². The summed E-state index contributed by atoms with van der Waals surface area (Å²) in [5, 5.41) is 9.02. The van der Waals surface area contributed by atoms with Crippen molar-refractivity contribution in [3.8, 4) is 6.07 Å². The molecule has 1 saturated carbocycles. The van der Waals surface area contributed by atoms with Gasteiger partial charge in [0, 0.05) is 0 Å². The van der Waals surface area contributed by atoms with Gasteiger partial charge in [-0.25, -0.2) is 4.39 Å². The van der Waals surface area contributed by atoms with Gasteiger partial charge in [-0.15, -0.1) is 0 Å². The van der Waals surface area contributed by atoms with Gasteiger partial charge in [0.25, 0.3) is 0 Å². The van der Waals surface area contributed by atoms with Gasteiger partial charge in [0.05, 0.1) is 5.56 Å². The highest BCUT2D eigenvalue weighted by molar-refractivity contribution is 5.84. The number of fused-ring (bicyclic) bond motifs is 1. The number of hydrogen-bond donors (Lipinski definition) is 0. The number of rotatable bonds is 4. The molecule has 0 bridgehead atoms. The lowest BCUT2D eigenvalue weighted by atomic mass is 9.77. The first-order valence-electron chi connectivity index (χ1n) is 10.7. The fourth-order valence-corrected chi connectivity index (χ4v) is 5.02. The molecule has 0 spiro atoms. The molecule has 0 aromatic heterocycles. The molecule has 28 heavy (non-hydrogen) atoms. The summed E-state index contributed by atoms with van der Waals surface area (Å²) in [7, 11) is 0. The van der Waals surface area contributed by atoms with Crippen molar-refractivity contribution in [3.05, 3.63) is 70.0 Å². The van der Waals surface area contributed by atoms with Gasteiger partial charge in [0.2, 0.25) is 0 Å². The van der Waals surface area contributed by atoms with Gasteiger partial charge >= 0.3 is 0 Å². The zero-order valence-corrected chi connectivity index (χ0v) is 16.7. The van der Waals surface area contributed by atoms with E-state index in [1.807, 2.05) is 12.1 Å². The first-order chi connectivity index (χ1) is 13.7. The summed E-state index contributed by atoms with van der Waals surface area (Å²) in [6.07, 6.45) is 11.7. The largest absolute Gasteiger partial charge is 0.205 e. The Morgan fingerprint density at radius 3 is 2.43 bits per heavy atom. The molecule has 0 N–H and O–H groups in total. The van der Waals surface area contributed by atoms with Crippen molar-refractivity contribution < 1.29 is 4.39 Å². The molecule has 2 heteroatoms. The van der Waals surface area contributed by atoms with Crippen LogP contribution in [0, 0.1) is 23.1 Å². The highest BCUT2D eigenvalue weighted by Gasteiger charge is 2.22. The second-order valence-electron chi connectivity index (χ2n) is 8.40. The van der Waals surface area contributed by atoms with Crippen LogP contribution < -0.4 is 0 Å². The molecule has 2 aromatic carbocycles. The van der Waals surface area contributed by atoms with Gasteiger partial charge in [-0.1, -0.05) is 56.2 Å². The van der Waals surface area contributed by atoms with Crippen molar-refractivity contribution in [1.29, 1.82) is 5.26 Å². The van der Waals surface area contributed by atoms with Crippen LogP contribution in [-0.2, 0) is 6.42 Å². The molecule has 0 atom stereocenters. The van der Waals surface area contributed by atoms with Crippen molar-refractivity contribution in [2.24, 2.45) is 5.92 Å². The van der Waals surface area contributed by atoms with Gasteiger partial charge in [-0.2, -0.15) is 5.26 Å². The van der Waals surface area contributed by atoms with Crippen LogP contribution in [0.2, 0.25) is 0 Å². The molecule has 0 saturated heterocycles. The minimum Gasteiger partial charge on any atom is -0.205 e. The average molecular weight is 374 g/mol. The minimum atomic E-state index is -0.343. The third kappa shape index (κ3) is 3.76. The predicted molar refractivity (Wildman–Crippen MR) is 113 cm³/mol. The van der Waals surface area contributed by atoms with Crippen molar-refractivity contribution in [2.45, 2.75) is 64.2 Å². The molecule has 0 unspecified atom stereocenters. The molecule has 0 amide bonds. The van der Waals surface area contributed by atoms with Crippen LogP contribution in [-0.4, -0.2) is 0 Å². The van der Waals surface area contributed by atoms with E-state index in [1.165, 1.54) is 55.2 Å². The van der Waals surface area contributed by atoms with E-state index in [-0.39, 0.29) is 11.4 Å². The maximum absolute atomic E-state index is 14.4. The Kier molecular flexibility index (Phi) is 5.62. The normalized spacial score (nSPS) is 21.5. The summed E-state index contributed by atoms with van der Waals surface area (Å²) in [6, 6.07) is 14.5. The third-order valence-electron chi connectivity index (χ3n) is 6.67. The molecular weight excluding hydrogens is 345 g/mol. The second-order valence-corrected chi connectivity index (χ2v) is 8.40. The van der Waals surface area contributed by atoms with Crippen molar-refractivity contribution in [3.63, 3.8) is 0 Å². The van der Waals surface area contributed by atoms with Crippen LogP contribution in [0.15, 0.2) is 36.4 Å². The van der Waals surface area contributed by atoms with Crippen molar-refractivity contribution in [1.82, 2.24) is 0 Å². The number of allylic oxidation sites excluding steroid dienone is 1. The summed E-state index contributed by atoms with van der Waals surface area (Å²) < 4.78 is 14.4. The lowest BCUT2D eigenvalue weighted by Crippen LogP contribution is -2.13. The highest BCUT2D eigenvalue weighted by Crippen LogP contribution is 2.38. The van der Waals surface area contributed by atoms with Gasteiger partial charge in [0.15, 0.2) is 0 Å². The fraction of sp³-hybridized carbons (Fsp3) is 0.423. The smallest absolute Gasteiger partial charge is 0.144 e. The van der Waals surface area contributed by atoms with Crippen LogP contribution >= 0.6 is 0 Å². The molecule has 2 aliphatic carbocycles. The van der Waals surface area contributed by atoms with E-state index in [9.17, 15) is 4.39 Å². The standard InChI is InChI=1S/C26H28FN/c1-2-3-18-4-6-19(7-5-18)20-8-10-21(11-9-20)22-14-15-25-23(16-22)12-13-24(17-28)26(25)27/h8-13,16,18-19H,2-7,14-15H2,1H3. The number of halogens is 1. The molecule has 1 fully saturated rings. The van der Waals surface area contributed by atoms with E-state index in [0.717, 1.165) is 17.9 Å². The molecule has 2 aromatic rings. The SMILES string of the molecule is CCCC1CCC(c2ccc(C3=Cc4ccc(C#N)c(F)c4CC3)cc2)CC1. The minimum absolute atomic E-state index is 0.147. The Labute approximate surface area is 167 Å². The Morgan fingerprint density at radius 1 is 1.00 bits per heavy atom. The third-order valence-corrected chi connectivity index (χ3v) is 6.67. The van der Waals surface area contributed by atoms with Crippen LogP contribution in [0.5, 0.6) is 0 Å². The Bertz CT molecular complexity index is 909. The van der Waals surface area contributed by atoms with Crippen LogP contribution in [0.25, 0.3) is 11.6 Å². The van der Waals surface area contributed by atoms with Crippen LogP contribution in [0.4, 0.5) is 4.39 Å². The lowest BCUT2D eigenvalue weighted by molar-refractivity contribution is 0.308.